The number of nitrogens with one attached hydrogen (secondary N) is 1. The highest BCUT2D eigenvalue weighted by molar-refractivity contribution is 7.99. The zero-order valence-electron chi connectivity index (χ0n) is 11.4. The van der Waals surface area contributed by atoms with E-state index in [9.17, 15) is 4.79 Å². The standard InChI is InChI=1S/C13H15ClN4O2S/c1-8-17-18-13(20-8)21-6-2-3-12(19)16-11-7-9(14)4-5-10(11)15/h4-5,7H,2-3,6,15H2,1H3,(H,16,19). The van der Waals surface area contributed by atoms with Crippen molar-refractivity contribution < 1.29 is 9.21 Å². The number of nitrogens with two attached hydrogens (primary N) is 1. The number of carbonyl (C=O) groups is 1. The average molecular weight is 327 g/mol. The minimum absolute atomic E-state index is 0.105. The van der Waals surface area contributed by atoms with Crippen molar-refractivity contribution in [2.24, 2.45) is 0 Å². The largest absolute Gasteiger partial charge is 0.416 e. The molecule has 3 N–H and O–H groups in total. The molecule has 1 amide bonds. The first kappa shape index (κ1) is 15.7. The Morgan fingerprint density at radius 3 is 3.00 bits per heavy atom. The lowest BCUT2D eigenvalue weighted by molar-refractivity contribution is -0.116. The number of amides is 1. The van der Waals surface area contributed by atoms with Gasteiger partial charge in [-0.1, -0.05) is 23.4 Å². The van der Waals surface area contributed by atoms with Crippen molar-refractivity contribution >= 4 is 40.6 Å². The third kappa shape index (κ3) is 4.95. The van der Waals surface area contributed by atoms with E-state index in [4.69, 9.17) is 21.8 Å². The van der Waals surface area contributed by atoms with Crippen LogP contribution in [0.25, 0.3) is 0 Å². The summed E-state index contributed by atoms with van der Waals surface area (Å²) in [4.78, 5) is 11.8. The molecule has 0 fully saturated rings. The number of carbonyl (C=O) groups excluding carboxylic acids is 1. The number of halogens is 1. The van der Waals surface area contributed by atoms with Crippen LogP contribution in [0.4, 0.5) is 11.4 Å². The van der Waals surface area contributed by atoms with E-state index in [1.165, 1.54) is 11.8 Å². The number of rotatable bonds is 6. The van der Waals surface area contributed by atoms with E-state index in [1.54, 1.807) is 25.1 Å². The van der Waals surface area contributed by atoms with Crippen LogP contribution in [0.5, 0.6) is 0 Å². The number of nitrogen functional groups attached to an aromatic ring is 1. The first-order valence-electron chi connectivity index (χ1n) is 6.32. The number of benzene rings is 1. The fourth-order valence-electron chi connectivity index (χ4n) is 1.58. The summed E-state index contributed by atoms with van der Waals surface area (Å²) in [6.45, 7) is 1.74. The smallest absolute Gasteiger partial charge is 0.276 e. The second kappa shape index (κ2) is 7.33. The molecule has 2 rings (SSSR count). The number of thioether (sulfide) groups is 1. The highest BCUT2D eigenvalue weighted by atomic mass is 35.5. The molecular weight excluding hydrogens is 312 g/mol. The lowest BCUT2D eigenvalue weighted by Gasteiger charge is -2.08. The van der Waals surface area contributed by atoms with E-state index in [2.05, 4.69) is 15.5 Å². The number of aryl methyl sites for hydroxylation is 1. The summed E-state index contributed by atoms with van der Waals surface area (Å²) in [6.07, 6.45) is 1.07. The molecule has 0 spiro atoms. The third-order valence-corrected chi connectivity index (χ3v) is 3.71. The van der Waals surface area contributed by atoms with Crippen molar-refractivity contribution in [1.29, 1.82) is 0 Å². The first-order chi connectivity index (χ1) is 10.0. The molecule has 0 radical (unpaired) electrons. The maximum atomic E-state index is 11.8. The second-order valence-electron chi connectivity index (χ2n) is 4.32. The maximum absolute atomic E-state index is 11.8. The Balaban J connectivity index is 1.73. The zero-order valence-corrected chi connectivity index (χ0v) is 13.0. The van der Waals surface area contributed by atoms with Crippen molar-refractivity contribution in [3.8, 4) is 0 Å². The van der Waals surface area contributed by atoms with Gasteiger partial charge in [-0.15, -0.1) is 10.2 Å². The fourth-order valence-corrected chi connectivity index (χ4v) is 2.49. The zero-order chi connectivity index (χ0) is 15.2. The van der Waals surface area contributed by atoms with Crippen LogP contribution in [-0.2, 0) is 4.79 Å². The lowest BCUT2D eigenvalue weighted by Crippen LogP contribution is -2.12. The van der Waals surface area contributed by atoms with Crippen molar-refractivity contribution in [3.05, 3.63) is 29.1 Å². The van der Waals surface area contributed by atoms with Gasteiger partial charge in [-0.2, -0.15) is 0 Å². The van der Waals surface area contributed by atoms with Crippen molar-refractivity contribution in [2.75, 3.05) is 16.8 Å². The Hall–Kier alpha value is -1.73. The van der Waals surface area contributed by atoms with Crippen LogP contribution in [0.2, 0.25) is 5.02 Å². The molecule has 0 aliphatic rings. The molecule has 0 unspecified atom stereocenters. The molecule has 8 heteroatoms. The molecule has 0 saturated carbocycles. The van der Waals surface area contributed by atoms with Gasteiger partial charge in [-0.25, -0.2) is 0 Å². The lowest BCUT2D eigenvalue weighted by atomic mass is 10.2. The van der Waals surface area contributed by atoms with Crippen LogP contribution in [0.3, 0.4) is 0 Å². The first-order valence-corrected chi connectivity index (χ1v) is 7.69. The summed E-state index contributed by atoms with van der Waals surface area (Å²) in [6, 6.07) is 4.96. The third-order valence-electron chi connectivity index (χ3n) is 2.57. The summed E-state index contributed by atoms with van der Waals surface area (Å²) >= 11 is 7.29. The Morgan fingerprint density at radius 2 is 2.29 bits per heavy atom. The van der Waals surface area contributed by atoms with Gasteiger partial charge in [0.1, 0.15) is 0 Å². The molecule has 112 valence electrons. The number of hydrogen-bond acceptors (Lipinski definition) is 6. The van der Waals surface area contributed by atoms with Crippen molar-refractivity contribution in [1.82, 2.24) is 10.2 Å². The molecule has 0 atom stereocenters. The molecule has 0 bridgehead atoms. The van der Waals surface area contributed by atoms with E-state index in [1.807, 2.05) is 0 Å². The molecule has 1 aromatic heterocycles. The maximum Gasteiger partial charge on any atom is 0.276 e. The minimum atomic E-state index is -0.105. The van der Waals surface area contributed by atoms with Crippen LogP contribution >= 0.6 is 23.4 Å². The average Bonchev–Trinajstić information content (AvgIpc) is 2.85. The predicted octanol–water partition coefficient (Wildman–Crippen LogP) is 3.12. The summed E-state index contributed by atoms with van der Waals surface area (Å²) in [5.74, 6) is 1.15. The van der Waals surface area contributed by atoms with Gasteiger partial charge in [-0.3, -0.25) is 4.79 Å². The number of anilines is 2. The molecule has 21 heavy (non-hydrogen) atoms. The predicted molar refractivity (Wildman–Crippen MR) is 83.5 cm³/mol. The van der Waals surface area contributed by atoms with Gasteiger partial charge < -0.3 is 15.5 Å². The summed E-state index contributed by atoms with van der Waals surface area (Å²) in [7, 11) is 0. The minimum Gasteiger partial charge on any atom is -0.416 e. The van der Waals surface area contributed by atoms with Gasteiger partial charge in [0, 0.05) is 24.1 Å². The summed E-state index contributed by atoms with van der Waals surface area (Å²) in [5.41, 5.74) is 6.79. The topological polar surface area (TPSA) is 94.0 Å². The molecule has 0 aliphatic carbocycles. The Morgan fingerprint density at radius 1 is 1.48 bits per heavy atom. The quantitative estimate of drug-likeness (QED) is 0.481. The Bertz CT molecular complexity index is 632. The Labute approximate surface area is 131 Å². The highest BCUT2D eigenvalue weighted by Gasteiger charge is 2.07. The van der Waals surface area contributed by atoms with E-state index >= 15 is 0 Å². The van der Waals surface area contributed by atoms with Crippen molar-refractivity contribution in [2.45, 2.75) is 25.0 Å². The second-order valence-corrected chi connectivity index (χ2v) is 5.80. The molecule has 1 heterocycles. The van der Waals surface area contributed by atoms with E-state index < -0.39 is 0 Å². The van der Waals surface area contributed by atoms with Gasteiger partial charge in [0.25, 0.3) is 5.22 Å². The highest BCUT2D eigenvalue weighted by Crippen LogP contribution is 2.23. The summed E-state index contributed by atoms with van der Waals surface area (Å²) in [5, 5.41) is 11.4. The van der Waals surface area contributed by atoms with Crippen molar-refractivity contribution in [3.63, 3.8) is 0 Å². The van der Waals surface area contributed by atoms with E-state index in [-0.39, 0.29) is 5.91 Å². The molecule has 0 saturated heterocycles. The molecule has 2 aromatic rings. The molecule has 0 aliphatic heterocycles. The molecule has 1 aromatic carbocycles. The summed E-state index contributed by atoms with van der Waals surface area (Å²) < 4.78 is 5.22. The number of aromatic nitrogens is 2. The number of nitrogens with zero attached hydrogens (tertiary/aromatic N) is 2. The normalized spacial score (nSPS) is 10.6. The van der Waals surface area contributed by atoms with Gasteiger partial charge in [0.15, 0.2) is 0 Å². The fraction of sp³-hybridized carbons (Fsp3) is 0.308. The van der Waals surface area contributed by atoms with Crippen LogP contribution in [0.1, 0.15) is 18.7 Å². The SMILES string of the molecule is Cc1nnc(SCCCC(=O)Nc2cc(Cl)ccc2N)o1. The van der Waals surface area contributed by atoms with Crippen LogP contribution < -0.4 is 11.1 Å². The number of hydrogen-bond donors (Lipinski definition) is 2. The van der Waals surface area contributed by atoms with Gasteiger partial charge in [0.05, 0.1) is 11.4 Å². The van der Waals surface area contributed by atoms with Crippen LogP contribution in [-0.4, -0.2) is 21.9 Å². The van der Waals surface area contributed by atoms with Gasteiger partial charge in [-0.05, 0) is 24.6 Å². The van der Waals surface area contributed by atoms with E-state index in [0.29, 0.717) is 40.4 Å². The molecular formula is C13H15ClN4O2S. The Kier molecular flexibility index (Phi) is 5.46. The van der Waals surface area contributed by atoms with Crippen LogP contribution in [0, 0.1) is 6.92 Å². The van der Waals surface area contributed by atoms with Crippen LogP contribution in [0.15, 0.2) is 27.8 Å². The van der Waals surface area contributed by atoms with Gasteiger partial charge in [0.2, 0.25) is 11.8 Å². The monoisotopic (exact) mass is 326 g/mol. The van der Waals surface area contributed by atoms with E-state index in [0.717, 1.165) is 5.75 Å². The van der Waals surface area contributed by atoms with Gasteiger partial charge >= 0.3 is 0 Å². The molecule has 6 nitrogen and oxygen atoms in total.